The van der Waals surface area contributed by atoms with E-state index in [4.69, 9.17) is 4.74 Å². The Morgan fingerprint density at radius 1 is 1.33 bits per heavy atom. The number of aromatic nitrogens is 1. The van der Waals surface area contributed by atoms with Crippen molar-refractivity contribution in [3.8, 4) is 5.75 Å². The minimum atomic E-state index is 0.660. The highest BCUT2D eigenvalue weighted by molar-refractivity contribution is 9.10. The summed E-state index contributed by atoms with van der Waals surface area (Å²) in [5.74, 6) is 0.989. The van der Waals surface area contributed by atoms with E-state index >= 15 is 0 Å². The molecule has 0 spiro atoms. The Morgan fingerprint density at radius 3 is 2.90 bits per heavy atom. The lowest BCUT2D eigenvalue weighted by molar-refractivity contribution is 0.315. The molecule has 2 aromatic rings. The molecule has 0 fully saturated rings. The Morgan fingerprint density at radius 2 is 2.19 bits per heavy atom. The van der Waals surface area contributed by atoms with Crippen LogP contribution in [-0.4, -0.2) is 18.1 Å². The van der Waals surface area contributed by atoms with Crippen LogP contribution in [0, 0.1) is 6.92 Å². The van der Waals surface area contributed by atoms with Crippen molar-refractivity contribution in [1.29, 1.82) is 0 Å². The number of aryl methyl sites for hydroxylation is 1. The number of halogens is 1. The zero-order valence-corrected chi connectivity index (χ0v) is 14.1. The fraction of sp³-hybridized carbons (Fsp3) is 0.353. The maximum atomic E-state index is 6.04. The molecule has 0 unspecified atom stereocenters. The molecule has 0 atom stereocenters. The Balaban J connectivity index is 2.04. The van der Waals surface area contributed by atoms with E-state index in [9.17, 15) is 0 Å². The van der Waals surface area contributed by atoms with Crippen molar-refractivity contribution in [2.24, 2.45) is 0 Å². The Bertz CT molecular complexity index is 573. The largest absolute Gasteiger partial charge is 0.493 e. The molecule has 1 N–H and O–H groups in total. The first kappa shape index (κ1) is 16.0. The third-order valence-electron chi connectivity index (χ3n) is 3.24. The van der Waals surface area contributed by atoms with Crippen molar-refractivity contribution >= 4 is 15.9 Å². The highest BCUT2D eigenvalue weighted by atomic mass is 79.9. The first-order valence-corrected chi connectivity index (χ1v) is 8.01. The molecule has 4 heteroatoms. The lowest BCUT2D eigenvalue weighted by Crippen LogP contribution is -2.14. The number of hydrogen-bond donors (Lipinski definition) is 1. The van der Waals surface area contributed by atoms with Gasteiger partial charge in [-0.05, 0) is 42.8 Å². The molecule has 1 heterocycles. The van der Waals surface area contributed by atoms with Gasteiger partial charge in [-0.3, -0.25) is 4.98 Å². The van der Waals surface area contributed by atoms with Gasteiger partial charge in [-0.15, -0.1) is 0 Å². The SMILES string of the molecule is CCNCc1cc(Br)cc(C)c1OCCc1cccnc1. The Kier molecular flexibility index (Phi) is 6.21. The standard InChI is InChI=1S/C17H21BrN2O/c1-3-19-12-15-10-16(18)9-13(2)17(15)21-8-6-14-5-4-7-20-11-14/h4-5,7,9-11,19H,3,6,8,12H2,1-2H3. The third-order valence-corrected chi connectivity index (χ3v) is 3.70. The van der Waals surface area contributed by atoms with Gasteiger partial charge in [0.2, 0.25) is 0 Å². The average Bonchev–Trinajstić information content (AvgIpc) is 2.48. The summed E-state index contributed by atoms with van der Waals surface area (Å²) >= 11 is 3.55. The van der Waals surface area contributed by atoms with E-state index < -0.39 is 0 Å². The van der Waals surface area contributed by atoms with Crippen molar-refractivity contribution < 1.29 is 4.74 Å². The predicted molar refractivity (Wildman–Crippen MR) is 89.7 cm³/mol. The quantitative estimate of drug-likeness (QED) is 0.824. The van der Waals surface area contributed by atoms with Crippen LogP contribution in [0.2, 0.25) is 0 Å². The smallest absolute Gasteiger partial charge is 0.126 e. The van der Waals surface area contributed by atoms with E-state index in [-0.39, 0.29) is 0 Å². The van der Waals surface area contributed by atoms with E-state index in [2.05, 4.69) is 58.3 Å². The van der Waals surface area contributed by atoms with Crippen LogP contribution in [0.5, 0.6) is 5.75 Å². The van der Waals surface area contributed by atoms with Gasteiger partial charge in [0, 0.05) is 35.4 Å². The van der Waals surface area contributed by atoms with Crippen LogP contribution in [0.4, 0.5) is 0 Å². The van der Waals surface area contributed by atoms with Crippen molar-refractivity contribution in [1.82, 2.24) is 10.3 Å². The normalized spacial score (nSPS) is 10.6. The molecule has 0 aliphatic rings. The van der Waals surface area contributed by atoms with E-state index in [0.29, 0.717) is 6.61 Å². The van der Waals surface area contributed by atoms with Gasteiger partial charge in [-0.1, -0.05) is 28.9 Å². The van der Waals surface area contributed by atoms with Crippen molar-refractivity contribution in [2.75, 3.05) is 13.2 Å². The number of nitrogens with one attached hydrogen (secondary N) is 1. The second-order valence-electron chi connectivity index (χ2n) is 4.95. The van der Waals surface area contributed by atoms with Crippen LogP contribution in [0.1, 0.15) is 23.6 Å². The molecular formula is C17H21BrN2O. The van der Waals surface area contributed by atoms with Gasteiger partial charge in [0.15, 0.2) is 0 Å². The summed E-state index contributed by atoms with van der Waals surface area (Å²) in [5, 5.41) is 3.36. The van der Waals surface area contributed by atoms with E-state index in [0.717, 1.165) is 35.3 Å². The van der Waals surface area contributed by atoms with E-state index in [1.54, 1.807) is 6.20 Å². The first-order valence-electron chi connectivity index (χ1n) is 7.22. The number of hydrogen-bond acceptors (Lipinski definition) is 3. The molecule has 21 heavy (non-hydrogen) atoms. The highest BCUT2D eigenvalue weighted by Gasteiger charge is 2.09. The summed E-state index contributed by atoms with van der Waals surface area (Å²) in [5.41, 5.74) is 3.54. The zero-order chi connectivity index (χ0) is 15.1. The van der Waals surface area contributed by atoms with Crippen molar-refractivity contribution in [3.63, 3.8) is 0 Å². The second-order valence-corrected chi connectivity index (χ2v) is 5.87. The van der Waals surface area contributed by atoms with Gasteiger partial charge in [0.25, 0.3) is 0 Å². The van der Waals surface area contributed by atoms with Crippen LogP contribution < -0.4 is 10.1 Å². The van der Waals surface area contributed by atoms with Crippen LogP contribution in [0.25, 0.3) is 0 Å². The summed E-state index contributed by atoms with van der Waals surface area (Å²) < 4.78 is 7.13. The first-order chi connectivity index (χ1) is 10.2. The summed E-state index contributed by atoms with van der Waals surface area (Å²) in [6.45, 7) is 6.61. The minimum absolute atomic E-state index is 0.660. The van der Waals surface area contributed by atoms with Gasteiger partial charge in [-0.2, -0.15) is 0 Å². The van der Waals surface area contributed by atoms with Crippen LogP contribution in [0.15, 0.2) is 41.1 Å². The molecule has 0 saturated heterocycles. The van der Waals surface area contributed by atoms with Gasteiger partial charge in [0.1, 0.15) is 5.75 Å². The topological polar surface area (TPSA) is 34.1 Å². The molecular weight excluding hydrogens is 328 g/mol. The number of nitrogens with zero attached hydrogens (tertiary/aromatic N) is 1. The lowest BCUT2D eigenvalue weighted by Gasteiger charge is -2.15. The number of rotatable bonds is 7. The average molecular weight is 349 g/mol. The molecule has 0 bridgehead atoms. The minimum Gasteiger partial charge on any atom is -0.493 e. The summed E-state index contributed by atoms with van der Waals surface area (Å²) in [7, 11) is 0. The zero-order valence-electron chi connectivity index (χ0n) is 12.5. The summed E-state index contributed by atoms with van der Waals surface area (Å²) in [6, 6.07) is 8.24. The van der Waals surface area contributed by atoms with Crippen molar-refractivity contribution in [2.45, 2.75) is 26.8 Å². The highest BCUT2D eigenvalue weighted by Crippen LogP contribution is 2.28. The molecule has 2 rings (SSSR count). The molecule has 0 saturated carbocycles. The van der Waals surface area contributed by atoms with Gasteiger partial charge < -0.3 is 10.1 Å². The van der Waals surface area contributed by atoms with Gasteiger partial charge in [-0.25, -0.2) is 0 Å². The second kappa shape index (κ2) is 8.15. The van der Waals surface area contributed by atoms with Gasteiger partial charge >= 0.3 is 0 Å². The fourth-order valence-electron chi connectivity index (χ4n) is 2.21. The number of benzene rings is 1. The number of ether oxygens (including phenoxy) is 1. The lowest BCUT2D eigenvalue weighted by atomic mass is 10.1. The Hall–Kier alpha value is -1.39. The Labute approximate surface area is 134 Å². The molecule has 0 aliphatic carbocycles. The van der Waals surface area contributed by atoms with Crippen LogP contribution in [0.3, 0.4) is 0 Å². The molecule has 1 aromatic heterocycles. The number of pyridine rings is 1. The molecule has 0 radical (unpaired) electrons. The fourth-order valence-corrected chi connectivity index (χ4v) is 2.83. The molecule has 0 aliphatic heterocycles. The summed E-state index contributed by atoms with van der Waals surface area (Å²) in [4.78, 5) is 4.13. The van der Waals surface area contributed by atoms with Crippen molar-refractivity contribution in [3.05, 3.63) is 57.8 Å². The van der Waals surface area contributed by atoms with E-state index in [1.165, 1.54) is 11.1 Å². The maximum absolute atomic E-state index is 6.04. The molecule has 1 aromatic carbocycles. The van der Waals surface area contributed by atoms with E-state index in [1.807, 2.05) is 12.3 Å². The monoisotopic (exact) mass is 348 g/mol. The molecule has 112 valence electrons. The maximum Gasteiger partial charge on any atom is 0.126 e. The predicted octanol–water partition coefficient (Wildman–Crippen LogP) is 3.88. The molecule has 3 nitrogen and oxygen atoms in total. The van der Waals surface area contributed by atoms with Crippen LogP contribution in [-0.2, 0) is 13.0 Å². The van der Waals surface area contributed by atoms with Crippen LogP contribution >= 0.6 is 15.9 Å². The van der Waals surface area contributed by atoms with Gasteiger partial charge in [0.05, 0.1) is 6.61 Å². The molecule has 0 amide bonds. The third kappa shape index (κ3) is 4.83. The summed E-state index contributed by atoms with van der Waals surface area (Å²) in [6.07, 6.45) is 4.54.